The molecule has 1 heterocycles. The van der Waals surface area contributed by atoms with Gasteiger partial charge in [0.15, 0.2) is 0 Å². The smallest absolute Gasteiger partial charge is 0.0315 e. The summed E-state index contributed by atoms with van der Waals surface area (Å²) in [7, 11) is 0. The van der Waals surface area contributed by atoms with Gasteiger partial charge in [0.25, 0.3) is 0 Å². The maximum atomic E-state index is 4.17. The predicted octanol–water partition coefficient (Wildman–Crippen LogP) is 2.67. The first kappa shape index (κ1) is 10.6. The Hall–Kier alpha value is -0.890. The van der Waals surface area contributed by atoms with Crippen molar-refractivity contribution in [3.8, 4) is 0 Å². The maximum absolute atomic E-state index is 4.17. The van der Waals surface area contributed by atoms with Crippen LogP contribution >= 0.6 is 0 Å². The molecule has 2 heteroatoms. The highest BCUT2D eigenvalue weighted by Gasteiger charge is 2.20. The van der Waals surface area contributed by atoms with E-state index < -0.39 is 0 Å². The average molecular weight is 204 g/mol. The van der Waals surface area contributed by atoms with E-state index >= 15 is 0 Å². The fraction of sp³-hybridized carbons (Fsp3) is 0.615. The zero-order valence-corrected chi connectivity index (χ0v) is 9.66. The van der Waals surface area contributed by atoms with Crippen molar-refractivity contribution in [2.24, 2.45) is 5.92 Å². The zero-order valence-electron chi connectivity index (χ0n) is 9.66. The first-order valence-electron chi connectivity index (χ1n) is 5.88. The van der Waals surface area contributed by atoms with Crippen LogP contribution in [0.4, 0.5) is 0 Å². The second kappa shape index (κ2) is 4.75. The molecule has 0 radical (unpaired) electrons. The lowest BCUT2D eigenvalue weighted by atomic mass is 10.1. The van der Waals surface area contributed by atoms with Crippen LogP contribution in [0.1, 0.15) is 37.3 Å². The van der Waals surface area contributed by atoms with Gasteiger partial charge in [0, 0.05) is 25.0 Å². The average Bonchev–Trinajstić information content (AvgIpc) is 2.63. The lowest BCUT2D eigenvalue weighted by Crippen LogP contribution is -2.26. The van der Waals surface area contributed by atoms with Crippen molar-refractivity contribution in [1.82, 2.24) is 10.3 Å². The highest BCUT2D eigenvalue weighted by molar-refractivity contribution is 5.21. The number of aromatic nitrogens is 1. The molecule has 1 saturated carbocycles. The molecule has 1 aliphatic carbocycles. The molecule has 2 atom stereocenters. The number of aryl methyl sites for hydroxylation is 1. The quantitative estimate of drug-likeness (QED) is 0.818. The minimum absolute atomic E-state index is 0.722. The Morgan fingerprint density at radius 3 is 3.00 bits per heavy atom. The van der Waals surface area contributed by atoms with Gasteiger partial charge in [-0.1, -0.05) is 6.92 Å². The van der Waals surface area contributed by atoms with Gasteiger partial charge in [0.2, 0.25) is 0 Å². The Morgan fingerprint density at radius 1 is 1.47 bits per heavy atom. The molecule has 1 aliphatic rings. The molecule has 0 aromatic carbocycles. The molecule has 1 aromatic heterocycles. The summed E-state index contributed by atoms with van der Waals surface area (Å²) >= 11 is 0. The van der Waals surface area contributed by atoms with Gasteiger partial charge in [-0.25, -0.2) is 0 Å². The van der Waals surface area contributed by atoms with Gasteiger partial charge >= 0.3 is 0 Å². The van der Waals surface area contributed by atoms with Gasteiger partial charge < -0.3 is 5.32 Å². The highest BCUT2D eigenvalue weighted by Crippen LogP contribution is 2.24. The number of nitrogens with one attached hydrogen (secondary N) is 1. The summed E-state index contributed by atoms with van der Waals surface area (Å²) in [5.41, 5.74) is 2.67. The van der Waals surface area contributed by atoms with Gasteiger partial charge in [0.05, 0.1) is 0 Å². The van der Waals surface area contributed by atoms with Gasteiger partial charge in [-0.3, -0.25) is 4.98 Å². The van der Waals surface area contributed by atoms with Crippen molar-refractivity contribution in [1.29, 1.82) is 0 Å². The number of nitrogens with zero attached hydrogens (tertiary/aromatic N) is 1. The van der Waals surface area contributed by atoms with Crippen LogP contribution in [0, 0.1) is 12.8 Å². The van der Waals surface area contributed by atoms with E-state index in [1.54, 1.807) is 0 Å². The molecule has 0 aliphatic heterocycles. The van der Waals surface area contributed by atoms with Gasteiger partial charge in [-0.05, 0) is 49.3 Å². The lowest BCUT2D eigenvalue weighted by molar-refractivity contribution is 0.501. The first-order chi connectivity index (χ1) is 7.25. The van der Waals surface area contributed by atoms with E-state index in [-0.39, 0.29) is 0 Å². The van der Waals surface area contributed by atoms with Crippen molar-refractivity contribution in [3.05, 3.63) is 29.6 Å². The Bertz CT molecular complexity index is 322. The second-order valence-corrected chi connectivity index (χ2v) is 4.80. The maximum Gasteiger partial charge on any atom is 0.0315 e. The van der Waals surface area contributed by atoms with E-state index in [2.05, 4.69) is 30.2 Å². The van der Waals surface area contributed by atoms with Crippen LogP contribution in [0.2, 0.25) is 0 Å². The summed E-state index contributed by atoms with van der Waals surface area (Å²) in [5, 5.41) is 3.63. The van der Waals surface area contributed by atoms with E-state index in [9.17, 15) is 0 Å². The summed E-state index contributed by atoms with van der Waals surface area (Å²) in [6.45, 7) is 5.46. The molecular weight excluding hydrogens is 184 g/mol. The Kier molecular flexibility index (Phi) is 3.37. The molecule has 0 saturated heterocycles. The SMILES string of the molecule is Cc1ccncc1CNC1CCC(C)C1. The van der Waals surface area contributed by atoms with Crippen LogP contribution in [-0.4, -0.2) is 11.0 Å². The minimum Gasteiger partial charge on any atom is -0.310 e. The first-order valence-corrected chi connectivity index (χ1v) is 5.88. The summed E-state index contributed by atoms with van der Waals surface area (Å²) in [5.74, 6) is 0.900. The molecule has 0 spiro atoms. The van der Waals surface area contributed by atoms with Gasteiger partial charge in [-0.15, -0.1) is 0 Å². The molecule has 82 valence electrons. The van der Waals surface area contributed by atoms with Crippen LogP contribution in [-0.2, 0) is 6.54 Å². The summed E-state index contributed by atoms with van der Waals surface area (Å²) in [4.78, 5) is 4.17. The zero-order chi connectivity index (χ0) is 10.7. The van der Waals surface area contributed by atoms with Crippen LogP contribution in [0.15, 0.2) is 18.5 Å². The lowest BCUT2D eigenvalue weighted by Gasteiger charge is -2.13. The normalized spacial score (nSPS) is 25.7. The number of hydrogen-bond donors (Lipinski definition) is 1. The van der Waals surface area contributed by atoms with Gasteiger partial charge in [-0.2, -0.15) is 0 Å². The summed E-state index contributed by atoms with van der Waals surface area (Å²) in [6.07, 6.45) is 7.88. The predicted molar refractivity (Wildman–Crippen MR) is 62.6 cm³/mol. The Morgan fingerprint density at radius 2 is 2.33 bits per heavy atom. The molecule has 0 amide bonds. The van der Waals surface area contributed by atoms with Crippen molar-refractivity contribution < 1.29 is 0 Å². The molecular formula is C13H20N2. The number of pyridine rings is 1. The van der Waals surface area contributed by atoms with Gasteiger partial charge in [0.1, 0.15) is 0 Å². The van der Waals surface area contributed by atoms with Crippen LogP contribution in [0.25, 0.3) is 0 Å². The molecule has 0 bridgehead atoms. The molecule has 1 N–H and O–H groups in total. The van der Waals surface area contributed by atoms with E-state index in [4.69, 9.17) is 0 Å². The molecule has 2 unspecified atom stereocenters. The fourth-order valence-electron chi connectivity index (χ4n) is 2.33. The van der Waals surface area contributed by atoms with Crippen molar-refractivity contribution in [2.45, 2.75) is 45.7 Å². The summed E-state index contributed by atoms with van der Waals surface area (Å²) < 4.78 is 0. The monoisotopic (exact) mass is 204 g/mol. The van der Waals surface area contributed by atoms with Crippen LogP contribution < -0.4 is 5.32 Å². The van der Waals surface area contributed by atoms with Crippen LogP contribution in [0.3, 0.4) is 0 Å². The van der Waals surface area contributed by atoms with E-state index in [0.29, 0.717) is 0 Å². The summed E-state index contributed by atoms with van der Waals surface area (Å²) in [6, 6.07) is 2.80. The Labute approximate surface area is 92.1 Å². The van der Waals surface area contributed by atoms with Crippen LogP contribution in [0.5, 0.6) is 0 Å². The van der Waals surface area contributed by atoms with E-state index in [1.165, 1.54) is 30.4 Å². The van der Waals surface area contributed by atoms with Crippen molar-refractivity contribution in [2.75, 3.05) is 0 Å². The fourth-order valence-corrected chi connectivity index (χ4v) is 2.33. The molecule has 2 rings (SSSR count). The molecule has 15 heavy (non-hydrogen) atoms. The molecule has 2 nitrogen and oxygen atoms in total. The number of rotatable bonds is 3. The highest BCUT2D eigenvalue weighted by atomic mass is 14.9. The Balaban J connectivity index is 1.86. The standard InChI is InChI=1S/C13H20N2/c1-10-3-4-13(7-10)15-9-12-8-14-6-5-11(12)2/h5-6,8,10,13,15H,3-4,7,9H2,1-2H3. The van der Waals surface area contributed by atoms with E-state index in [0.717, 1.165) is 18.5 Å². The van der Waals surface area contributed by atoms with E-state index in [1.807, 2.05) is 12.4 Å². The number of hydrogen-bond acceptors (Lipinski definition) is 2. The third kappa shape index (κ3) is 2.78. The third-order valence-electron chi connectivity index (χ3n) is 3.42. The molecule has 1 aromatic rings. The minimum atomic E-state index is 0.722. The topological polar surface area (TPSA) is 24.9 Å². The van der Waals surface area contributed by atoms with Crippen molar-refractivity contribution in [3.63, 3.8) is 0 Å². The molecule has 1 fully saturated rings. The third-order valence-corrected chi connectivity index (χ3v) is 3.42. The second-order valence-electron chi connectivity index (χ2n) is 4.80. The largest absolute Gasteiger partial charge is 0.310 e. The van der Waals surface area contributed by atoms with Crippen molar-refractivity contribution >= 4 is 0 Å².